The highest BCUT2D eigenvalue weighted by Crippen LogP contribution is 2.24. The van der Waals surface area contributed by atoms with Crippen molar-refractivity contribution in [3.8, 4) is 17.2 Å². The molecular formula is C23H25NO3. The number of rotatable bonds is 9. The van der Waals surface area contributed by atoms with Crippen LogP contribution in [0.2, 0.25) is 0 Å². The van der Waals surface area contributed by atoms with Gasteiger partial charge in [0.1, 0.15) is 11.7 Å². The molecule has 4 heteroatoms. The average molecular weight is 363 g/mol. The molecule has 0 spiro atoms. The van der Waals surface area contributed by atoms with Crippen LogP contribution in [0.5, 0.6) is 0 Å². The summed E-state index contributed by atoms with van der Waals surface area (Å²) in [5.41, 5.74) is 3.31. The average Bonchev–Trinajstić information content (AvgIpc) is 2.70. The summed E-state index contributed by atoms with van der Waals surface area (Å²) in [6.45, 7) is 4.03. The molecule has 2 aromatic rings. The van der Waals surface area contributed by atoms with Gasteiger partial charge in [0.15, 0.2) is 0 Å². The van der Waals surface area contributed by atoms with Gasteiger partial charge in [-0.25, -0.2) is 0 Å². The van der Waals surface area contributed by atoms with E-state index in [1.54, 1.807) is 13.0 Å². The minimum atomic E-state index is -0.756. The van der Waals surface area contributed by atoms with Crippen LogP contribution in [0.1, 0.15) is 44.2 Å². The number of nitriles is 1. The first kappa shape index (κ1) is 20.4. The normalized spacial score (nSPS) is 11.4. The Kier molecular flexibility index (Phi) is 7.76. The summed E-state index contributed by atoms with van der Waals surface area (Å²) in [4.78, 5) is 24.7. The number of nitrogens with zero attached hydrogens (tertiary/aromatic N) is 1. The molecule has 2 aromatic carbocycles. The summed E-state index contributed by atoms with van der Waals surface area (Å²) in [5, 5.41) is 9.26. The Hall–Kier alpha value is -2.93. The van der Waals surface area contributed by atoms with E-state index in [-0.39, 0.29) is 12.4 Å². The maximum Gasteiger partial charge on any atom is 0.316 e. The van der Waals surface area contributed by atoms with Gasteiger partial charge in [-0.3, -0.25) is 9.59 Å². The highest BCUT2D eigenvalue weighted by Gasteiger charge is 2.27. The third-order valence-electron chi connectivity index (χ3n) is 4.49. The highest BCUT2D eigenvalue weighted by atomic mass is 16.5. The minimum absolute atomic E-state index is 0.0609. The van der Waals surface area contributed by atoms with Crippen molar-refractivity contribution in [1.82, 2.24) is 0 Å². The standard InChI is InChI=1S/C23H25NO3/c1-3-5-10-22(25)21(23(26)27-4-2)15-17-11-13-18(14-12-17)20-9-7-6-8-19(20)16-24/h6-9,11-14,21H,3-5,10,15H2,1-2H3. The topological polar surface area (TPSA) is 67.2 Å². The van der Waals surface area contributed by atoms with Gasteiger partial charge in [-0.1, -0.05) is 55.8 Å². The largest absolute Gasteiger partial charge is 0.465 e. The number of Topliss-reactive ketones (excluding diaryl/α,β-unsaturated/α-hetero) is 1. The Morgan fingerprint density at radius 3 is 2.41 bits per heavy atom. The number of benzene rings is 2. The molecule has 1 unspecified atom stereocenters. The first-order valence-corrected chi connectivity index (χ1v) is 9.38. The molecule has 0 radical (unpaired) electrons. The fraction of sp³-hybridized carbons (Fsp3) is 0.348. The molecular weight excluding hydrogens is 338 g/mol. The molecule has 0 aliphatic rings. The lowest BCUT2D eigenvalue weighted by Crippen LogP contribution is -2.28. The smallest absolute Gasteiger partial charge is 0.316 e. The summed E-state index contributed by atoms with van der Waals surface area (Å²) in [6, 6.07) is 17.3. The summed E-state index contributed by atoms with van der Waals surface area (Å²) in [7, 11) is 0. The van der Waals surface area contributed by atoms with E-state index in [2.05, 4.69) is 6.07 Å². The van der Waals surface area contributed by atoms with Gasteiger partial charge in [0.2, 0.25) is 0 Å². The van der Waals surface area contributed by atoms with Gasteiger partial charge in [0.05, 0.1) is 18.2 Å². The lowest BCUT2D eigenvalue weighted by atomic mass is 9.91. The van der Waals surface area contributed by atoms with Gasteiger partial charge in [-0.15, -0.1) is 0 Å². The van der Waals surface area contributed by atoms with Crippen molar-refractivity contribution >= 4 is 11.8 Å². The third-order valence-corrected chi connectivity index (χ3v) is 4.49. The second-order valence-electron chi connectivity index (χ2n) is 6.43. The highest BCUT2D eigenvalue weighted by molar-refractivity contribution is 5.99. The number of carbonyl (C=O) groups excluding carboxylic acids is 2. The molecule has 140 valence electrons. The maximum atomic E-state index is 12.5. The number of esters is 1. The van der Waals surface area contributed by atoms with Crippen molar-refractivity contribution < 1.29 is 14.3 Å². The molecule has 0 aliphatic carbocycles. The second-order valence-corrected chi connectivity index (χ2v) is 6.43. The van der Waals surface area contributed by atoms with Gasteiger partial charge in [0, 0.05) is 6.42 Å². The molecule has 0 saturated heterocycles. The van der Waals surface area contributed by atoms with Crippen molar-refractivity contribution in [3.63, 3.8) is 0 Å². The Labute approximate surface area is 160 Å². The van der Waals surface area contributed by atoms with Gasteiger partial charge in [-0.2, -0.15) is 5.26 Å². The lowest BCUT2D eigenvalue weighted by molar-refractivity contribution is -0.151. The Morgan fingerprint density at radius 2 is 1.78 bits per heavy atom. The molecule has 0 bridgehead atoms. The quantitative estimate of drug-likeness (QED) is 0.478. The van der Waals surface area contributed by atoms with Crippen molar-refractivity contribution in [3.05, 3.63) is 59.7 Å². The second kappa shape index (κ2) is 10.3. The Morgan fingerprint density at radius 1 is 1.07 bits per heavy atom. The fourth-order valence-electron chi connectivity index (χ4n) is 2.99. The Balaban J connectivity index is 2.19. The molecule has 0 aromatic heterocycles. The van der Waals surface area contributed by atoms with Gasteiger partial charge in [0.25, 0.3) is 0 Å². The molecule has 0 N–H and O–H groups in total. The molecule has 4 nitrogen and oxygen atoms in total. The fourth-order valence-corrected chi connectivity index (χ4v) is 2.99. The van der Waals surface area contributed by atoms with Crippen molar-refractivity contribution in [1.29, 1.82) is 5.26 Å². The Bertz CT molecular complexity index is 818. The van der Waals surface area contributed by atoms with Crippen molar-refractivity contribution in [2.75, 3.05) is 6.61 Å². The van der Waals surface area contributed by atoms with Crippen LogP contribution in [-0.4, -0.2) is 18.4 Å². The number of carbonyl (C=O) groups is 2. The molecule has 0 saturated carbocycles. The molecule has 2 rings (SSSR count). The lowest BCUT2D eigenvalue weighted by Gasteiger charge is -2.15. The van der Waals surface area contributed by atoms with E-state index in [0.717, 1.165) is 29.5 Å². The van der Waals surface area contributed by atoms with E-state index in [9.17, 15) is 14.9 Å². The van der Waals surface area contributed by atoms with Gasteiger partial charge in [-0.05, 0) is 42.5 Å². The first-order valence-electron chi connectivity index (χ1n) is 9.38. The summed E-state index contributed by atoms with van der Waals surface area (Å²) in [6.07, 6.45) is 2.42. The zero-order chi connectivity index (χ0) is 19.6. The van der Waals surface area contributed by atoms with Gasteiger partial charge >= 0.3 is 5.97 Å². The van der Waals surface area contributed by atoms with Crippen LogP contribution < -0.4 is 0 Å². The van der Waals surface area contributed by atoms with Crippen molar-refractivity contribution in [2.24, 2.45) is 5.92 Å². The molecule has 0 amide bonds. The van der Waals surface area contributed by atoms with E-state index in [1.807, 2.05) is 49.4 Å². The zero-order valence-electron chi connectivity index (χ0n) is 15.9. The molecule has 0 aliphatic heterocycles. The molecule has 0 fully saturated rings. The number of hydrogen-bond acceptors (Lipinski definition) is 4. The SMILES string of the molecule is CCCCC(=O)C(Cc1ccc(-c2ccccc2C#N)cc1)C(=O)OCC. The van der Waals surface area contributed by atoms with Gasteiger partial charge < -0.3 is 4.74 Å². The van der Waals surface area contributed by atoms with E-state index in [0.29, 0.717) is 18.4 Å². The number of ether oxygens (including phenoxy) is 1. The predicted octanol–water partition coefficient (Wildman–Crippen LogP) is 4.71. The van der Waals surface area contributed by atoms with Crippen LogP contribution in [-0.2, 0) is 20.7 Å². The minimum Gasteiger partial charge on any atom is -0.465 e. The van der Waals surface area contributed by atoms with E-state index < -0.39 is 11.9 Å². The predicted molar refractivity (Wildman–Crippen MR) is 105 cm³/mol. The van der Waals surface area contributed by atoms with E-state index in [4.69, 9.17) is 4.74 Å². The number of unbranched alkanes of at least 4 members (excludes halogenated alkanes) is 1. The maximum absolute atomic E-state index is 12.5. The van der Waals surface area contributed by atoms with Crippen molar-refractivity contribution in [2.45, 2.75) is 39.5 Å². The van der Waals surface area contributed by atoms with Crippen LogP contribution >= 0.6 is 0 Å². The van der Waals surface area contributed by atoms with E-state index >= 15 is 0 Å². The van der Waals surface area contributed by atoms with Crippen LogP contribution in [0.25, 0.3) is 11.1 Å². The molecule has 27 heavy (non-hydrogen) atoms. The van der Waals surface area contributed by atoms with Crippen LogP contribution in [0.3, 0.4) is 0 Å². The van der Waals surface area contributed by atoms with E-state index in [1.165, 1.54) is 0 Å². The zero-order valence-corrected chi connectivity index (χ0v) is 15.9. The summed E-state index contributed by atoms with van der Waals surface area (Å²) < 4.78 is 5.10. The first-order chi connectivity index (χ1) is 13.1. The monoisotopic (exact) mass is 363 g/mol. The van der Waals surface area contributed by atoms with Crippen LogP contribution in [0.15, 0.2) is 48.5 Å². The summed E-state index contributed by atoms with van der Waals surface area (Å²) in [5.74, 6) is -1.26. The summed E-state index contributed by atoms with van der Waals surface area (Å²) >= 11 is 0. The third kappa shape index (κ3) is 5.52. The van der Waals surface area contributed by atoms with Crippen LogP contribution in [0, 0.1) is 17.2 Å². The molecule has 1 atom stereocenters. The molecule has 0 heterocycles. The van der Waals surface area contributed by atoms with Crippen LogP contribution in [0.4, 0.5) is 0 Å². The number of hydrogen-bond donors (Lipinski definition) is 0. The number of ketones is 1.